The first-order valence-corrected chi connectivity index (χ1v) is 5.93. The highest BCUT2D eigenvalue weighted by atomic mass is 16.4. The summed E-state index contributed by atoms with van der Waals surface area (Å²) in [5.41, 5.74) is 0. The third-order valence-corrected chi connectivity index (χ3v) is 3.22. The molecule has 0 bridgehead atoms. The van der Waals surface area contributed by atoms with Crippen molar-refractivity contribution < 1.29 is 14.7 Å². The maximum Gasteiger partial charge on any atom is 0.303 e. The van der Waals surface area contributed by atoms with E-state index in [1.165, 1.54) is 0 Å². The van der Waals surface area contributed by atoms with Gasteiger partial charge >= 0.3 is 5.97 Å². The number of carboxylic acids is 1. The van der Waals surface area contributed by atoms with Gasteiger partial charge in [-0.05, 0) is 25.2 Å². The third kappa shape index (κ3) is 3.22. The van der Waals surface area contributed by atoms with Crippen LogP contribution in [0.15, 0.2) is 0 Å². The minimum absolute atomic E-state index is 0.0553. The summed E-state index contributed by atoms with van der Waals surface area (Å²) in [6.45, 7) is 6.84. The van der Waals surface area contributed by atoms with Crippen LogP contribution in [-0.2, 0) is 9.59 Å². The number of likely N-dealkylation sites (tertiary alicyclic amines) is 1. The van der Waals surface area contributed by atoms with E-state index in [0.717, 1.165) is 6.54 Å². The Bertz CT molecular complexity index is 275. The molecule has 0 radical (unpaired) electrons. The summed E-state index contributed by atoms with van der Waals surface area (Å²) in [7, 11) is 0. The molecular formula is C12H21NO3. The lowest BCUT2D eigenvalue weighted by molar-refractivity contribution is -0.145. The van der Waals surface area contributed by atoms with Crippen molar-refractivity contribution in [2.75, 3.05) is 6.54 Å². The molecular weight excluding hydrogens is 206 g/mol. The van der Waals surface area contributed by atoms with Gasteiger partial charge in [0.1, 0.15) is 0 Å². The maximum atomic E-state index is 11.8. The van der Waals surface area contributed by atoms with Crippen LogP contribution < -0.4 is 0 Å². The van der Waals surface area contributed by atoms with E-state index in [0.29, 0.717) is 18.8 Å². The summed E-state index contributed by atoms with van der Waals surface area (Å²) in [4.78, 5) is 24.3. The molecule has 0 aromatic heterocycles. The molecule has 0 unspecified atom stereocenters. The van der Waals surface area contributed by atoms with E-state index in [4.69, 9.17) is 5.11 Å². The van der Waals surface area contributed by atoms with Gasteiger partial charge < -0.3 is 10.0 Å². The van der Waals surface area contributed by atoms with Crippen molar-refractivity contribution in [1.82, 2.24) is 4.90 Å². The second-order valence-electron chi connectivity index (χ2n) is 5.08. The standard InChI is InChI=1S/C12H21NO3/c1-8(2)7-13-9(3)10(6-12(15)16)4-5-11(13)14/h8-10H,4-7H2,1-3H3,(H,15,16)/t9-,10-/m1/s1. The van der Waals surface area contributed by atoms with Crippen LogP contribution in [0.5, 0.6) is 0 Å². The van der Waals surface area contributed by atoms with Gasteiger partial charge in [0.2, 0.25) is 5.91 Å². The van der Waals surface area contributed by atoms with E-state index in [-0.39, 0.29) is 24.3 Å². The minimum Gasteiger partial charge on any atom is -0.481 e. The van der Waals surface area contributed by atoms with Gasteiger partial charge in [0.25, 0.3) is 0 Å². The number of carbonyl (C=O) groups is 2. The van der Waals surface area contributed by atoms with Crippen molar-refractivity contribution >= 4 is 11.9 Å². The number of carbonyl (C=O) groups excluding carboxylic acids is 1. The van der Waals surface area contributed by atoms with E-state index < -0.39 is 5.97 Å². The van der Waals surface area contributed by atoms with Gasteiger partial charge in [-0.3, -0.25) is 9.59 Å². The fourth-order valence-electron chi connectivity index (χ4n) is 2.33. The SMILES string of the molecule is CC(C)CN1C(=O)CC[C@H](CC(=O)O)[C@H]1C. The first-order valence-electron chi connectivity index (χ1n) is 5.93. The zero-order valence-corrected chi connectivity index (χ0v) is 10.3. The van der Waals surface area contributed by atoms with Crippen molar-refractivity contribution in [2.45, 2.75) is 46.1 Å². The molecule has 1 aliphatic heterocycles. The largest absolute Gasteiger partial charge is 0.481 e. The lowest BCUT2D eigenvalue weighted by Gasteiger charge is -2.39. The predicted octanol–water partition coefficient (Wildman–Crippen LogP) is 1.74. The highest BCUT2D eigenvalue weighted by molar-refractivity contribution is 5.78. The second-order valence-corrected chi connectivity index (χ2v) is 5.08. The molecule has 0 spiro atoms. The predicted molar refractivity (Wildman–Crippen MR) is 61.0 cm³/mol. The molecule has 1 amide bonds. The topological polar surface area (TPSA) is 57.6 Å². The number of nitrogens with zero attached hydrogens (tertiary/aromatic N) is 1. The van der Waals surface area contributed by atoms with Crippen molar-refractivity contribution in [3.05, 3.63) is 0 Å². The van der Waals surface area contributed by atoms with Gasteiger partial charge in [0.05, 0.1) is 6.42 Å². The Morgan fingerprint density at radius 2 is 2.19 bits per heavy atom. The molecule has 2 atom stereocenters. The first kappa shape index (κ1) is 13.0. The second kappa shape index (κ2) is 5.32. The van der Waals surface area contributed by atoms with Crippen LogP contribution in [0.2, 0.25) is 0 Å². The number of carboxylic acid groups (broad SMARTS) is 1. The van der Waals surface area contributed by atoms with Crippen molar-refractivity contribution in [3.63, 3.8) is 0 Å². The van der Waals surface area contributed by atoms with Crippen LogP contribution in [-0.4, -0.2) is 34.5 Å². The quantitative estimate of drug-likeness (QED) is 0.796. The van der Waals surface area contributed by atoms with Crippen LogP contribution >= 0.6 is 0 Å². The Morgan fingerprint density at radius 1 is 1.56 bits per heavy atom. The van der Waals surface area contributed by atoms with E-state index in [1.807, 2.05) is 11.8 Å². The summed E-state index contributed by atoms with van der Waals surface area (Å²) in [5.74, 6) is -0.0672. The summed E-state index contributed by atoms with van der Waals surface area (Å²) in [5, 5.41) is 8.81. The Balaban J connectivity index is 2.66. The Hall–Kier alpha value is -1.06. The fraction of sp³-hybridized carbons (Fsp3) is 0.833. The molecule has 1 saturated heterocycles. The number of rotatable bonds is 4. The van der Waals surface area contributed by atoms with Gasteiger partial charge in [-0.2, -0.15) is 0 Å². The van der Waals surface area contributed by atoms with Gasteiger partial charge in [-0.1, -0.05) is 13.8 Å². The highest BCUT2D eigenvalue weighted by Crippen LogP contribution is 2.27. The molecule has 4 heteroatoms. The average molecular weight is 227 g/mol. The summed E-state index contributed by atoms with van der Waals surface area (Å²) < 4.78 is 0. The molecule has 92 valence electrons. The molecule has 0 aromatic rings. The lowest BCUT2D eigenvalue weighted by atomic mass is 9.86. The molecule has 1 rings (SSSR count). The van der Waals surface area contributed by atoms with Crippen molar-refractivity contribution in [3.8, 4) is 0 Å². The average Bonchev–Trinajstić information content (AvgIpc) is 2.16. The van der Waals surface area contributed by atoms with Crippen LogP contribution in [0.3, 0.4) is 0 Å². The van der Waals surface area contributed by atoms with Crippen LogP contribution in [0.4, 0.5) is 0 Å². The van der Waals surface area contributed by atoms with E-state index >= 15 is 0 Å². The van der Waals surface area contributed by atoms with Gasteiger partial charge in [-0.25, -0.2) is 0 Å². The maximum absolute atomic E-state index is 11.8. The summed E-state index contributed by atoms with van der Waals surface area (Å²) >= 11 is 0. The normalized spacial score (nSPS) is 26.2. The van der Waals surface area contributed by atoms with Gasteiger partial charge in [0.15, 0.2) is 0 Å². The van der Waals surface area contributed by atoms with E-state index in [1.54, 1.807) is 0 Å². The number of piperidine rings is 1. The summed E-state index contributed by atoms with van der Waals surface area (Å²) in [6, 6.07) is 0.0553. The minimum atomic E-state index is -0.768. The third-order valence-electron chi connectivity index (χ3n) is 3.22. The number of hydrogen-bond donors (Lipinski definition) is 1. The first-order chi connectivity index (χ1) is 7.41. The van der Waals surface area contributed by atoms with Crippen molar-refractivity contribution in [1.29, 1.82) is 0 Å². The molecule has 16 heavy (non-hydrogen) atoms. The smallest absolute Gasteiger partial charge is 0.303 e. The van der Waals surface area contributed by atoms with Gasteiger partial charge in [0, 0.05) is 19.0 Å². The van der Waals surface area contributed by atoms with E-state index in [2.05, 4.69) is 13.8 Å². The van der Waals surface area contributed by atoms with Crippen LogP contribution in [0.1, 0.15) is 40.0 Å². The Morgan fingerprint density at radius 3 is 2.69 bits per heavy atom. The van der Waals surface area contributed by atoms with Crippen LogP contribution in [0, 0.1) is 11.8 Å². The highest BCUT2D eigenvalue weighted by Gasteiger charge is 2.33. The van der Waals surface area contributed by atoms with Gasteiger partial charge in [-0.15, -0.1) is 0 Å². The lowest BCUT2D eigenvalue weighted by Crippen LogP contribution is -2.48. The van der Waals surface area contributed by atoms with Crippen LogP contribution in [0.25, 0.3) is 0 Å². The zero-order chi connectivity index (χ0) is 12.3. The monoisotopic (exact) mass is 227 g/mol. The molecule has 1 N–H and O–H groups in total. The molecule has 1 heterocycles. The Labute approximate surface area is 96.6 Å². The number of aliphatic carboxylic acids is 1. The fourth-order valence-corrected chi connectivity index (χ4v) is 2.33. The Kier molecular flexibility index (Phi) is 4.33. The number of hydrogen-bond acceptors (Lipinski definition) is 2. The molecule has 1 fully saturated rings. The molecule has 0 aromatic carbocycles. The molecule has 0 saturated carbocycles. The van der Waals surface area contributed by atoms with E-state index in [9.17, 15) is 9.59 Å². The molecule has 1 aliphatic rings. The zero-order valence-electron chi connectivity index (χ0n) is 10.3. The summed E-state index contributed by atoms with van der Waals surface area (Å²) in [6.07, 6.45) is 1.37. The van der Waals surface area contributed by atoms with Crippen molar-refractivity contribution in [2.24, 2.45) is 11.8 Å². The molecule has 4 nitrogen and oxygen atoms in total. The molecule has 0 aliphatic carbocycles. The number of amides is 1.